The fraction of sp³-hybridized carbons (Fsp3) is 0.444. The number of nitrogens with zero attached hydrogens (tertiary/aromatic N) is 5. The first kappa shape index (κ1) is 23.3. The number of halogens is 1. The maximum absolute atomic E-state index is 4.68. The van der Waals surface area contributed by atoms with Crippen LogP contribution in [0.15, 0.2) is 47.8 Å². The molecule has 0 spiro atoms. The maximum atomic E-state index is 4.68. The van der Waals surface area contributed by atoms with Crippen LogP contribution >= 0.6 is 7.92 Å². The Morgan fingerprint density at radius 2 is 1.78 bits per heavy atom. The molecular formula is C18H24AuBrN5PS. The van der Waals surface area contributed by atoms with E-state index >= 15 is 0 Å². The molecule has 2 unspecified atom stereocenters. The van der Waals surface area contributed by atoms with Gasteiger partial charge in [0.25, 0.3) is 0 Å². The topological polar surface area (TPSA) is 32.3 Å². The molecule has 27 heavy (non-hydrogen) atoms. The Hall–Kier alpha value is 0.0503. The van der Waals surface area contributed by atoms with Gasteiger partial charge in [0, 0.05) is 35.2 Å². The van der Waals surface area contributed by atoms with E-state index < -0.39 is 0 Å². The molecular weight excluding hydrogens is 626 g/mol. The van der Waals surface area contributed by atoms with Gasteiger partial charge in [-0.2, -0.15) is 0 Å². The number of aromatic nitrogens is 2. The van der Waals surface area contributed by atoms with Crippen LogP contribution < -0.4 is 17.0 Å². The predicted octanol–water partition coefficient (Wildman–Crippen LogP) is -0.433. The van der Waals surface area contributed by atoms with Crippen LogP contribution in [0.1, 0.15) is 11.3 Å². The Morgan fingerprint density at radius 3 is 2.30 bits per heavy atom. The molecule has 4 aliphatic rings. The molecule has 5 heterocycles. The number of hydrogen-bond acceptors (Lipinski definition) is 5. The monoisotopic (exact) mass is 649 g/mol. The molecule has 4 fully saturated rings. The van der Waals surface area contributed by atoms with E-state index in [2.05, 4.69) is 62.7 Å². The zero-order chi connectivity index (χ0) is 17.3. The molecule has 1 aromatic heterocycles. The van der Waals surface area contributed by atoms with Crippen LogP contribution in [0.4, 0.5) is 0 Å². The van der Waals surface area contributed by atoms with Crippen molar-refractivity contribution in [1.29, 1.82) is 0 Å². The third kappa shape index (κ3) is 6.02. The fourth-order valence-electron chi connectivity index (χ4n) is 4.20. The summed E-state index contributed by atoms with van der Waals surface area (Å²) in [6, 6.07) is 12.9. The smallest absolute Gasteiger partial charge is 1.00 e. The Balaban J connectivity index is 0.000000226. The zero-order valence-corrected chi connectivity index (χ0v) is 20.7. The first-order valence-electron chi connectivity index (χ1n) is 8.63. The van der Waals surface area contributed by atoms with E-state index in [0.717, 1.165) is 5.69 Å². The maximum Gasteiger partial charge on any atom is 1.00 e. The fourth-order valence-corrected chi connectivity index (χ4v) is 7.29. The minimum Gasteiger partial charge on any atom is -1.00 e. The van der Waals surface area contributed by atoms with E-state index in [-0.39, 0.29) is 47.3 Å². The summed E-state index contributed by atoms with van der Waals surface area (Å²) in [7, 11) is 0.268. The van der Waals surface area contributed by atoms with E-state index in [9.17, 15) is 0 Å². The molecule has 2 atom stereocenters. The third-order valence-electron chi connectivity index (χ3n) is 4.83. The van der Waals surface area contributed by atoms with Crippen LogP contribution in [0.3, 0.4) is 0 Å². The molecule has 5 nitrogen and oxygen atoms in total. The van der Waals surface area contributed by atoms with Gasteiger partial charge < -0.3 is 29.6 Å². The van der Waals surface area contributed by atoms with E-state index in [1.807, 2.05) is 13.0 Å². The van der Waals surface area contributed by atoms with Gasteiger partial charge in [-0.05, 0) is 20.9 Å². The summed E-state index contributed by atoms with van der Waals surface area (Å²) in [6.07, 6.45) is 5.92. The largest absolute Gasteiger partial charge is 1.00 e. The van der Waals surface area contributed by atoms with E-state index in [1.165, 1.54) is 55.5 Å². The summed E-state index contributed by atoms with van der Waals surface area (Å²) in [5, 5.41) is 0.421. The standard InChI is InChI=1S/C13H19N3P.C5H6N2S.Au.BrH/c1-2-4-13(5-3-1)6-16-8-14-7-15(9-16)11-17(10-14)12-16;1-4-2-3-6-5(8)7-4;;/h1-5H,6-12H2;2-3H,1H3,(H,6,7,8);;1H/q+1;;+1;/p-2. The van der Waals surface area contributed by atoms with Gasteiger partial charge in [-0.1, -0.05) is 30.3 Å². The minimum atomic E-state index is 0. The summed E-state index contributed by atoms with van der Waals surface area (Å²) in [6.45, 7) is 6.91. The summed E-state index contributed by atoms with van der Waals surface area (Å²) in [4.78, 5) is 13.0. The van der Waals surface area contributed by atoms with Gasteiger partial charge in [-0.3, -0.25) is 14.5 Å². The Kier molecular flexibility index (Phi) is 8.81. The van der Waals surface area contributed by atoms with Crippen LogP contribution in [0.25, 0.3) is 0 Å². The van der Waals surface area contributed by atoms with E-state index in [4.69, 9.17) is 0 Å². The number of rotatable bonds is 2. The van der Waals surface area contributed by atoms with Crippen molar-refractivity contribution in [1.82, 2.24) is 19.8 Å². The molecule has 0 saturated carbocycles. The van der Waals surface area contributed by atoms with Gasteiger partial charge in [0.2, 0.25) is 0 Å². The van der Waals surface area contributed by atoms with E-state index in [1.54, 1.807) is 6.20 Å². The molecule has 0 N–H and O–H groups in total. The minimum absolute atomic E-state index is 0. The van der Waals surface area contributed by atoms with Crippen molar-refractivity contribution < 1.29 is 43.8 Å². The number of quaternary nitrogens is 1. The van der Waals surface area contributed by atoms with Gasteiger partial charge in [0.1, 0.15) is 26.2 Å². The molecule has 9 heteroatoms. The van der Waals surface area contributed by atoms with Crippen LogP contribution in [-0.2, 0) is 41.6 Å². The van der Waals surface area contributed by atoms with Crippen molar-refractivity contribution in [3.8, 4) is 0 Å². The molecule has 2 aromatic rings. The predicted molar refractivity (Wildman–Crippen MR) is 103 cm³/mol. The van der Waals surface area contributed by atoms with Crippen molar-refractivity contribution in [2.24, 2.45) is 0 Å². The molecule has 0 amide bonds. The molecule has 0 aliphatic carbocycles. The normalized spacial score (nSPS) is 29.7. The molecule has 1 aromatic carbocycles. The SMILES string of the molecule is Cc1ccnc([S-])n1.[Au+].[Br-].c1ccc(C[N+]23CN4CN(CP(C4)C2)C3)cc1. The Morgan fingerprint density at radius 1 is 1.11 bits per heavy atom. The first-order valence-corrected chi connectivity index (χ1v) is 10.9. The number of hydrogen-bond donors (Lipinski definition) is 0. The molecule has 150 valence electrons. The van der Waals surface area contributed by atoms with Crippen LogP contribution in [0.2, 0.25) is 0 Å². The van der Waals surface area contributed by atoms with Crippen LogP contribution in [0, 0.1) is 6.92 Å². The summed E-state index contributed by atoms with van der Waals surface area (Å²) in [5.74, 6) is 0. The van der Waals surface area contributed by atoms with Crippen LogP contribution in [0.5, 0.6) is 0 Å². The van der Waals surface area contributed by atoms with Gasteiger partial charge >= 0.3 is 22.4 Å². The average molecular weight is 650 g/mol. The van der Waals surface area contributed by atoms with Crippen molar-refractivity contribution in [3.63, 3.8) is 0 Å². The molecule has 4 bridgehead atoms. The quantitative estimate of drug-likeness (QED) is 0.145. The molecule has 6 rings (SSSR count). The van der Waals surface area contributed by atoms with Gasteiger partial charge in [-0.25, -0.2) is 9.80 Å². The second-order valence-electron chi connectivity index (χ2n) is 7.33. The third-order valence-corrected chi connectivity index (χ3v) is 7.63. The van der Waals surface area contributed by atoms with Crippen molar-refractivity contribution in [3.05, 3.63) is 53.9 Å². The van der Waals surface area contributed by atoms with Gasteiger partial charge in [-0.15, -0.1) is 0 Å². The van der Waals surface area contributed by atoms with Crippen LogP contribution in [-0.4, -0.2) is 63.1 Å². The first-order chi connectivity index (χ1) is 12.1. The van der Waals surface area contributed by atoms with Crippen molar-refractivity contribution >= 4 is 20.6 Å². The van der Waals surface area contributed by atoms with Gasteiger partial charge in [0.05, 0.1) is 6.67 Å². The van der Waals surface area contributed by atoms with Gasteiger partial charge in [0.15, 0.2) is 0 Å². The Labute approximate surface area is 194 Å². The van der Waals surface area contributed by atoms with E-state index in [0.29, 0.717) is 5.16 Å². The second-order valence-corrected chi connectivity index (χ2v) is 9.88. The molecule has 4 aliphatic heterocycles. The summed E-state index contributed by atoms with van der Waals surface area (Å²) < 4.78 is 1.30. The van der Waals surface area contributed by atoms with Crippen molar-refractivity contribution in [2.45, 2.75) is 18.6 Å². The molecule has 0 radical (unpaired) electrons. The Bertz CT molecular complexity index is 686. The summed E-state index contributed by atoms with van der Waals surface area (Å²) in [5.41, 5.74) is 2.43. The second kappa shape index (κ2) is 10.2. The van der Waals surface area contributed by atoms with Crippen molar-refractivity contribution in [2.75, 3.05) is 38.9 Å². The summed E-state index contributed by atoms with van der Waals surface area (Å²) >= 11 is 4.68. The number of benzene rings is 1. The average Bonchev–Trinajstić information content (AvgIpc) is 2.54. The zero-order valence-electron chi connectivity index (χ0n) is 15.3. The molecule has 4 saturated heterocycles. The number of aryl methyl sites for hydroxylation is 1.